The van der Waals surface area contributed by atoms with Crippen molar-refractivity contribution in [3.05, 3.63) is 59.7 Å². The zero-order valence-electron chi connectivity index (χ0n) is 19.8. The van der Waals surface area contributed by atoms with E-state index in [9.17, 15) is 19.5 Å². The quantitative estimate of drug-likeness (QED) is 0.644. The summed E-state index contributed by atoms with van der Waals surface area (Å²) in [6.07, 6.45) is 3.87. The van der Waals surface area contributed by atoms with E-state index in [1.54, 1.807) is 4.90 Å². The number of aliphatic carboxylic acids is 1. The van der Waals surface area contributed by atoms with Crippen LogP contribution < -0.4 is 5.32 Å². The number of amides is 2. The fourth-order valence-corrected chi connectivity index (χ4v) is 6.02. The van der Waals surface area contributed by atoms with E-state index in [4.69, 9.17) is 4.74 Å². The molecule has 2 aromatic rings. The molecule has 2 amide bonds. The van der Waals surface area contributed by atoms with E-state index >= 15 is 0 Å². The summed E-state index contributed by atoms with van der Waals surface area (Å²) in [6, 6.07) is 16.4. The average molecular weight is 477 g/mol. The minimum absolute atomic E-state index is 0.00962. The number of carbonyl (C=O) groups is 3. The summed E-state index contributed by atoms with van der Waals surface area (Å²) >= 11 is 0. The number of ether oxygens (including phenoxy) is 1. The molecular weight excluding hydrogens is 444 g/mol. The van der Waals surface area contributed by atoms with Gasteiger partial charge in [-0.3, -0.25) is 9.59 Å². The molecule has 5 rings (SSSR count). The molecule has 1 heterocycles. The van der Waals surface area contributed by atoms with Gasteiger partial charge in [-0.05, 0) is 53.9 Å². The molecule has 3 aliphatic rings. The van der Waals surface area contributed by atoms with Crippen molar-refractivity contribution in [3.63, 3.8) is 0 Å². The maximum atomic E-state index is 12.9. The lowest BCUT2D eigenvalue weighted by Crippen LogP contribution is -2.44. The topological polar surface area (TPSA) is 95.9 Å². The van der Waals surface area contributed by atoms with Crippen LogP contribution in [0.4, 0.5) is 4.79 Å². The number of benzene rings is 2. The highest BCUT2D eigenvalue weighted by atomic mass is 16.5. The summed E-state index contributed by atoms with van der Waals surface area (Å²) < 4.78 is 5.70. The summed E-state index contributed by atoms with van der Waals surface area (Å²) in [5.74, 6) is -1.27. The molecule has 1 aliphatic heterocycles. The highest BCUT2D eigenvalue weighted by Gasteiger charge is 2.35. The van der Waals surface area contributed by atoms with Crippen molar-refractivity contribution in [1.82, 2.24) is 10.2 Å². The number of hydrogen-bond donors (Lipinski definition) is 2. The second kappa shape index (κ2) is 10.1. The highest BCUT2D eigenvalue weighted by Crippen LogP contribution is 2.44. The number of fused-ring (bicyclic) bond motifs is 3. The number of likely N-dealkylation sites (tertiary alicyclic amines) is 1. The first-order valence-corrected chi connectivity index (χ1v) is 12.6. The Hall–Kier alpha value is -3.35. The largest absolute Gasteiger partial charge is 0.481 e. The first-order valence-electron chi connectivity index (χ1n) is 12.6. The first-order chi connectivity index (χ1) is 17.0. The third-order valence-electron chi connectivity index (χ3n) is 7.87. The van der Waals surface area contributed by atoms with Gasteiger partial charge in [0.15, 0.2) is 0 Å². The summed E-state index contributed by atoms with van der Waals surface area (Å²) in [4.78, 5) is 38.6. The molecule has 0 aromatic heterocycles. The molecule has 2 fully saturated rings. The van der Waals surface area contributed by atoms with Crippen molar-refractivity contribution in [1.29, 1.82) is 0 Å². The lowest BCUT2D eigenvalue weighted by molar-refractivity contribution is -0.145. The number of nitrogens with one attached hydrogen (secondary N) is 1. The third kappa shape index (κ3) is 4.90. The van der Waals surface area contributed by atoms with Gasteiger partial charge in [0, 0.05) is 31.5 Å². The van der Waals surface area contributed by atoms with Gasteiger partial charge in [-0.25, -0.2) is 4.79 Å². The Kier molecular flexibility index (Phi) is 6.75. The summed E-state index contributed by atoms with van der Waals surface area (Å²) in [5.41, 5.74) is 4.72. The van der Waals surface area contributed by atoms with Gasteiger partial charge >= 0.3 is 12.1 Å². The molecule has 0 radical (unpaired) electrons. The Morgan fingerprint density at radius 1 is 0.943 bits per heavy atom. The predicted octanol–water partition coefficient (Wildman–Crippen LogP) is 4.41. The normalized spacial score (nSPS) is 23.4. The van der Waals surface area contributed by atoms with Crippen LogP contribution in [0.2, 0.25) is 0 Å². The van der Waals surface area contributed by atoms with Crippen LogP contribution in [-0.2, 0) is 14.3 Å². The van der Waals surface area contributed by atoms with Crippen LogP contribution in [0.15, 0.2) is 48.5 Å². The zero-order valence-corrected chi connectivity index (χ0v) is 19.8. The molecule has 7 heteroatoms. The molecule has 2 aliphatic carbocycles. The molecule has 0 bridgehead atoms. The van der Waals surface area contributed by atoms with Gasteiger partial charge in [0.1, 0.15) is 6.61 Å². The van der Waals surface area contributed by atoms with Crippen molar-refractivity contribution >= 4 is 18.0 Å². The Labute approximate surface area is 205 Å². The van der Waals surface area contributed by atoms with E-state index in [0.29, 0.717) is 19.4 Å². The number of rotatable bonds is 6. The Morgan fingerprint density at radius 3 is 2.31 bits per heavy atom. The SMILES string of the molecule is O=C(N[C@@H]1CCC[C@H]1CC(=O)N1CCC[C@@H](C(=O)O)C1)OCC1c2ccccc2-c2ccccc21. The van der Waals surface area contributed by atoms with Crippen LogP contribution in [0.1, 0.15) is 55.6 Å². The van der Waals surface area contributed by atoms with Crippen molar-refractivity contribution in [3.8, 4) is 11.1 Å². The fourth-order valence-electron chi connectivity index (χ4n) is 6.02. The van der Waals surface area contributed by atoms with E-state index in [1.807, 2.05) is 24.3 Å². The van der Waals surface area contributed by atoms with Crippen molar-refractivity contribution in [2.45, 2.75) is 50.5 Å². The third-order valence-corrected chi connectivity index (χ3v) is 7.87. The van der Waals surface area contributed by atoms with Crippen molar-refractivity contribution in [2.24, 2.45) is 11.8 Å². The van der Waals surface area contributed by atoms with Crippen molar-refractivity contribution in [2.75, 3.05) is 19.7 Å². The van der Waals surface area contributed by atoms with Gasteiger partial charge in [-0.2, -0.15) is 0 Å². The maximum Gasteiger partial charge on any atom is 0.407 e. The minimum Gasteiger partial charge on any atom is -0.481 e. The number of nitrogens with zero attached hydrogens (tertiary/aromatic N) is 1. The molecule has 35 heavy (non-hydrogen) atoms. The summed E-state index contributed by atoms with van der Waals surface area (Å²) in [6.45, 7) is 1.16. The van der Waals surface area contributed by atoms with Crippen LogP contribution in [0, 0.1) is 11.8 Å². The molecule has 1 saturated carbocycles. The second-order valence-electron chi connectivity index (χ2n) is 9.99. The lowest BCUT2D eigenvalue weighted by atomic mass is 9.95. The van der Waals surface area contributed by atoms with E-state index in [2.05, 4.69) is 29.6 Å². The number of hydrogen-bond acceptors (Lipinski definition) is 4. The predicted molar refractivity (Wildman–Crippen MR) is 131 cm³/mol. The smallest absolute Gasteiger partial charge is 0.407 e. The molecule has 2 aromatic carbocycles. The van der Waals surface area contributed by atoms with Gasteiger partial charge < -0.3 is 20.1 Å². The van der Waals surface area contributed by atoms with Crippen molar-refractivity contribution < 1.29 is 24.2 Å². The molecular formula is C28H32N2O5. The van der Waals surface area contributed by atoms with Gasteiger partial charge in [0.25, 0.3) is 0 Å². The molecule has 7 nitrogen and oxygen atoms in total. The molecule has 184 valence electrons. The Balaban J connectivity index is 1.16. The summed E-state index contributed by atoms with van der Waals surface area (Å²) in [7, 11) is 0. The zero-order chi connectivity index (χ0) is 24.4. The monoisotopic (exact) mass is 476 g/mol. The lowest BCUT2D eigenvalue weighted by Gasteiger charge is -2.32. The standard InChI is InChI=1S/C28H32N2O5/c31-26(30-14-6-8-19(16-30)27(32)33)15-18-7-5-13-25(18)29-28(34)35-17-24-22-11-3-1-9-20(22)21-10-2-4-12-23(21)24/h1-4,9-12,18-19,24-25H,5-8,13-17H2,(H,29,34)(H,32,33)/t18-,19+,25+/m0/s1. The van der Waals surface area contributed by atoms with E-state index in [1.165, 1.54) is 22.3 Å². The Morgan fingerprint density at radius 2 is 1.63 bits per heavy atom. The van der Waals surface area contributed by atoms with Gasteiger partial charge in [0.05, 0.1) is 5.92 Å². The molecule has 2 N–H and O–H groups in total. The summed E-state index contributed by atoms with van der Waals surface area (Å²) in [5, 5.41) is 12.3. The van der Waals surface area contributed by atoms with Crippen LogP contribution in [0.5, 0.6) is 0 Å². The Bertz CT molecular complexity index is 1070. The van der Waals surface area contributed by atoms with E-state index in [0.717, 1.165) is 25.7 Å². The van der Waals surface area contributed by atoms with Crippen LogP contribution in [0.25, 0.3) is 11.1 Å². The van der Waals surface area contributed by atoms with E-state index < -0.39 is 18.0 Å². The molecule has 1 saturated heterocycles. The van der Waals surface area contributed by atoms with Gasteiger partial charge in [-0.15, -0.1) is 0 Å². The van der Waals surface area contributed by atoms with Gasteiger partial charge in [0.2, 0.25) is 5.91 Å². The number of carboxylic acid groups (broad SMARTS) is 1. The molecule has 0 unspecified atom stereocenters. The first kappa shape index (κ1) is 23.4. The van der Waals surface area contributed by atoms with E-state index in [-0.39, 0.29) is 36.9 Å². The minimum atomic E-state index is -0.835. The van der Waals surface area contributed by atoms with Crippen LogP contribution >= 0.6 is 0 Å². The maximum absolute atomic E-state index is 12.9. The number of carboxylic acids is 1. The van der Waals surface area contributed by atoms with Crippen LogP contribution in [-0.4, -0.2) is 53.7 Å². The molecule has 3 atom stereocenters. The fraction of sp³-hybridized carbons (Fsp3) is 0.464. The average Bonchev–Trinajstić information content (AvgIpc) is 3.44. The number of carbonyl (C=O) groups excluding carboxylic acids is 2. The van der Waals surface area contributed by atoms with Crippen LogP contribution in [0.3, 0.4) is 0 Å². The second-order valence-corrected chi connectivity index (χ2v) is 9.99. The van der Waals surface area contributed by atoms with Gasteiger partial charge in [-0.1, -0.05) is 55.0 Å². The number of piperidine rings is 1. The highest BCUT2D eigenvalue weighted by molar-refractivity contribution is 5.80. The molecule has 0 spiro atoms. The number of alkyl carbamates (subject to hydrolysis) is 1.